The van der Waals surface area contributed by atoms with Crippen LogP contribution in [0.4, 0.5) is 8.78 Å². The molecular weight excluding hydrogens is 374 g/mol. The maximum atomic E-state index is 13.4. The first-order valence-corrected chi connectivity index (χ1v) is 9.36. The Morgan fingerprint density at radius 3 is 2.48 bits per heavy atom. The van der Waals surface area contributed by atoms with Gasteiger partial charge in [0, 0.05) is 19.6 Å². The molecule has 0 saturated carbocycles. The molecule has 0 spiro atoms. The largest absolute Gasteiger partial charge is 0.497 e. The summed E-state index contributed by atoms with van der Waals surface area (Å²) >= 11 is 0. The third-order valence-corrected chi connectivity index (χ3v) is 4.96. The van der Waals surface area contributed by atoms with E-state index in [0.29, 0.717) is 12.1 Å². The van der Waals surface area contributed by atoms with Gasteiger partial charge in [0.25, 0.3) is 0 Å². The zero-order valence-corrected chi connectivity index (χ0v) is 16.7. The van der Waals surface area contributed by atoms with Gasteiger partial charge in [-0.25, -0.2) is 8.78 Å². The Balaban J connectivity index is 1.58. The van der Waals surface area contributed by atoms with Crippen molar-refractivity contribution in [1.82, 2.24) is 10.2 Å². The number of likely N-dealkylation sites (N-methyl/N-ethyl adjacent to an activating group) is 1. The number of rotatable bonds is 7. The summed E-state index contributed by atoms with van der Waals surface area (Å²) in [5.74, 6) is -1.06. The maximum Gasteiger partial charge on any atom is 0.236 e. The zero-order chi connectivity index (χ0) is 21.0. The molecule has 0 aliphatic heterocycles. The second-order valence-electron chi connectivity index (χ2n) is 7.07. The monoisotopic (exact) mass is 398 g/mol. The molecule has 0 bridgehead atoms. The fraction of sp³-hybridized carbons (Fsp3) is 0.261. The van der Waals surface area contributed by atoms with Crippen molar-refractivity contribution in [2.24, 2.45) is 0 Å². The van der Waals surface area contributed by atoms with Crippen molar-refractivity contribution in [2.75, 3.05) is 20.7 Å². The van der Waals surface area contributed by atoms with Gasteiger partial charge in [0.15, 0.2) is 11.6 Å². The van der Waals surface area contributed by atoms with Crippen LogP contribution in [-0.4, -0.2) is 31.5 Å². The van der Waals surface area contributed by atoms with Crippen LogP contribution in [0, 0.1) is 11.6 Å². The smallest absolute Gasteiger partial charge is 0.236 e. The second kappa shape index (κ2) is 9.01. The van der Waals surface area contributed by atoms with Gasteiger partial charge >= 0.3 is 0 Å². The lowest BCUT2D eigenvalue weighted by Crippen LogP contribution is -2.36. The van der Waals surface area contributed by atoms with E-state index in [0.717, 1.165) is 34.2 Å². The van der Waals surface area contributed by atoms with Gasteiger partial charge in [-0.3, -0.25) is 4.79 Å². The molecule has 152 valence electrons. The molecule has 0 unspecified atom stereocenters. The van der Waals surface area contributed by atoms with Crippen molar-refractivity contribution in [3.05, 3.63) is 77.4 Å². The molecule has 0 radical (unpaired) electrons. The van der Waals surface area contributed by atoms with E-state index in [9.17, 15) is 13.6 Å². The van der Waals surface area contributed by atoms with Gasteiger partial charge in [-0.15, -0.1) is 0 Å². The van der Waals surface area contributed by atoms with Crippen LogP contribution >= 0.6 is 0 Å². The van der Waals surface area contributed by atoms with Crippen LogP contribution in [0.5, 0.6) is 5.75 Å². The van der Waals surface area contributed by atoms with Crippen molar-refractivity contribution in [1.29, 1.82) is 0 Å². The molecule has 0 heterocycles. The van der Waals surface area contributed by atoms with Crippen molar-refractivity contribution in [3.63, 3.8) is 0 Å². The average molecular weight is 398 g/mol. The summed E-state index contributed by atoms with van der Waals surface area (Å²) in [4.78, 5) is 14.1. The Bertz CT molecular complexity index is 1020. The van der Waals surface area contributed by atoms with E-state index in [1.165, 1.54) is 6.07 Å². The Morgan fingerprint density at radius 1 is 1.03 bits per heavy atom. The summed E-state index contributed by atoms with van der Waals surface area (Å²) in [5, 5.41) is 5.21. The minimum absolute atomic E-state index is 0.0886. The highest BCUT2D eigenvalue weighted by Crippen LogP contribution is 2.22. The molecule has 29 heavy (non-hydrogen) atoms. The third-order valence-electron chi connectivity index (χ3n) is 4.96. The van der Waals surface area contributed by atoms with Gasteiger partial charge in [-0.05, 0) is 59.2 Å². The molecule has 1 N–H and O–H groups in total. The van der Waals surface area contributed by atoms with E-state index in [1.807, 2.05) is 30.3 Å². The fourth-order valence-electron chi connectivity index (χ4n) is 3.14. The van der Waals surface area contributed by atoms with Crippen LogP contribution < -0.4 is 10.1 Å². The van der Waals surface area contributed by atoms with Crippen molar-refractivity contribution in [3.8, 4) is 5.75 Å². The predicted molar refractivity (Wildman–Crippen MR) is 110 cm³/mol. The van der Waals surface area contributed by atoms with Crippen LogP contribution in [0.2, 0.25) is 0 Å². The lowest BCUT2D eigenvalue weighted by molar-refractivity contribution is -0.129. The fourth-order valence-corrected chi connectivity index (χ4v) is 3.14. The molecule has 4 nitrogen and oxygen atoms in total. The van der Waals surface area contributed by atoms with E-state index in [-0.39, 0.29) is 18.5 Å². The lowest BCUT2D eigenvalue weighted by Gasteiger charge is -2.20. The second-order valence-corrected chi connectivity index (χ2v) is 7.07. The van der Waals surface area contributed by atoms with Gasteiger partial charge in [-0.2, -0.15) is 0 Å². The first-order chi connectivity index (χ1) is 13.9. The first kappa shape index (κ1) is 20.7. The summed E-state index contributed by atoms with van der Waals surface area (Å²) in [6, 6.07) is 15.4. The number of hydrogen-bond acceptors (Lipinski definition) is 3. The number of benzene rings is 3. The molecule has 0 aliphatic carbocycles. The predicted octanol–water partition coefficient (Wildman–Crippen LogP) is 4.44. The molecule has 3 aromatic carbocycles. The number of halogens is 2. The molecule has 0 aliphatic rings. The number of nitrogens with zero attached hydrogens (tertiary/aromatic N) is 1. The van der Waals surface area contributed by atoms with E-state index in [4.69, 9.17) is 4.74 Å². The molecule has 1 atom stereocenters. The Morgan fingerprint density at radius 2 is 1.76 bits per heavy atom. The quantitative estimate of drug-likeness (QED) is 0.640. The molecule has 1 amide bonds. The van der Waals surface area contributed by atoms with E-state index < -0.39 is 11.6 Å². The summed E-state index contributed by atoms with van der Waals surface area (Å²) in [6.07, 6.45) is 0. The summed E-state index contributed by atoms with van der Waals surface area (Å²) < 4.78 is 31.7. The SMILES string of the molecule is COc1ccc2cc(CN(C)C(=O)CN[C@H](C)c3ccc(F)c(F)c3)ccc2c1. The highest BCUT2D eigenvalue weighted by molar-refractivity contribution is 5.84. The molecule has 0 fully saturated rings. The Labute approximate surface area is 169 Å². The Hall–Kier alpha value is -2.99. The van der Waals surface area contributed by atoms with Gasteiger partial charge in [0.1, 0.15) is 5.75 Å². The minimum atomic E-state index is -0.895. The van der Waals surface area contributed by atoms with Crippen LogP contribution in [-0.2, 0) is 11.3 Å². The average Bonchev–Trinajstić information content (AvgIpc) is 2.73. The lowest BCUT2D eigenvalue weighted by atomic mass is 10.1. The van der Waals surface area contributed by atoms with Gasteiger partial charge in [0.05, 0.1) is 13.7 Å². The third kappa shape index (κ3) is 5.09. The maximum absolute atomic E-state index is 13.4. The molecule has 0 aromatic heterocycles. The first-order valence-electron chi connectivity index (χ1n) is 9.36. The van der Waals surface area contributed by atoms with Gasteiger partial charge in [0.2, 0.25) is 5.91 Å². The number of ether oxygens (including phenoxy) is 1. The van der Waals surface area contributed by atoms with Crippen molar-refractivity contribution in [2.45, 2.75) is 19.5 Å². The van der Waals surface area contributed by atoms with Gasteiger partial charge in [-0.1, -0.05) is 24.3 Å². The van der Waals surface area contributed by atoms with Crippen LogP contribution in [0.3, 0.4) is 0 Å². The summed E-state index contributed by atoms with van der Waals surface area (Å²) in [6.45, 7) is 2.38. The number of amides is 1. The molecule has 6 heteroatoms. The highest BCUT2D eigenvalue weighted by atomic mass is 19.2. The van der Waals surface area contributed by atoms with E-state index >= 15 is 0 Å². The zero-order valence-electron chi connectivity index (χ0n) is 16.7. The van der Waals surface area contributed by atoms with Crippen LogP contribution in [0.1, 0.15) is 24.1 Å². The number of methoxy groups -OCH3 is 1. The number of hydrogen-bond donors (Lipinski definition) is 1. The normalized spacial score (nSPS) is 12.0. The van der Waals surface area contributed by atoms with Crippen LogP contribution in [0.25, 0.3) is 10.8 Å². The van der Waals surface area contributed by atoms with E-state index in [1.54, 1.807) is 26.0 Å². The van der Waals surface area contributed by atoms with E-state index in [2.05, 4.69) is 11.4 Å². The van der Waals surface area contributed by atoms with Crippen molar-refractivity contribution < 1.29 is 18.3 Å². The number of fused-ring (bicyclic) bond motifs is 1. The molecular formula is C23H24F2N2O2. The highest BCUT2D eigenvalue weighted by Gasteiger charge is 2.13. The number of carbonyl (C=O) groups excluding carboxylic acids is 1. The molecule has 3 rings (SSSR count). The summed E-state index contributed by atoms with van der Waals surface area (Å²) in [7, 11) is 3.38. The topological polar surface area (TPSA) is 41.6 Å². The van der Waals surface area contributed by atoms with Gasteiger partial charge < -0.3 is 15.0 Å². The summed E-state index contributed by atoms with van der Waals surface area (Å²) in [5.41, 5.74) is 1.61. The van der Waals surface area contributed by atoms with Crippen LogP contribution in [0.15, 0.2) is 54.6 Å². The Kier molecular flexibility index (Phi) is 6.44. The standard InChI is InChI=1S/C23H24F2N2O2/c1-15(17-7-9-21(24)22(25)12-17)26-13-23(28)27(2)14-16-4-5-19-11-20(29-3)8-6-18(19)10-16/h4-12,15,26H,13-14H2,1-3H3/t15-/m1/s1. The minimum Gasteiger partial charge on any atom is -0.497 e. The molecule has 3 aromatic rings. The van der Waals surface area contributed by atoms with Crippen molar-refractivity contribution >= 4 is 16.7 Å². The number of nitrogens with one attached hydrogen (secondary N) is 1. The molecule has 0 saturated heterocycles. The number of carbonyl (C=O) groups is 1.